The van der Waals surface area contributed by atoms with Crippen LogP contribution >= 0.6 is 0 Å². The third kappa shape index (κ3) is 2.96. The smallest absolute Gasteiger partial charge is 0.236 e. The highest BCUT2D eigenvalue weighted by molar-refractivity contribution is 5.78. The zero-order chi connectivity index (χ0) is 10.6. The maximum atomic E-state index is 11.5. The number of carbonyl (C=O) groups excluding carboxylic acids is 1. The Hall–Kier alpha value is -0.610. The van der Waals surface area contributed by atoms with E-state index in [9.17, 15) is 4.79 Å². The minimum Gasteiger partial charge on any atom is -0.393 e. The number of hydrogen-bond donors (Lipinski definition) is 2. The third-order valence-electron chi connectivity index (χ3n) is 2.77. The number of hydrogen-bond acceptors (Lipinski definition) is 3. The van der Waals surface area contributed by atoms with Gasteiger partial charge >= 0.3 is 0 Å². The molecule has 4 nitrogen and oxygen atoms in total. The first-order chi connectivity index (χ1) is 6.67. The quantitative estimate of drug-likeness (QED) is 0.655. The van der Waals surface area contributed by atoms with E-state index in [1.807, 2.05) is 18.7 Å². The van der Waals surface area contributed by atoms with Gasteiger partial charge in [-0.2, -0.15) is 0 Å². The van der Waals surface area contributed by atoms with Crippen molar-refractivity contribution in [1.82, 2.24) is 10.2 Å². The molecule has 1 aliphatic carbocycles. The first kappa shape index (κ1) is 11.5. The predicted molar refractivity (Wildman–Crippen MR) is 55.0 cm³/mol. The van der Waals surface area contributed by atoms with E-state index in [4.69, 9.17) is 5.11 Å². The highest BCUT2D eigenvalue weighted by Gasteiger charge is 2.27. The fourth-order valence-electron chi connectivity index (χ4n) is 1.67. The van der Waals surface area contributed by atoms with Gasteiger partial charge < -0.3 is 15.3 Å². The molecule has 1 amide bonds. The third-order valence-corrected chi connectivity index (χ3v) is 2.77. The number of nitrogens with zero attached hydrogens (tertiary/aromatic N) is 1. The molecule has 82 valence electrons. The highest BCUT2D eigenvalue weighted by atomic mass is 16.3. The molecule has 1 aliphatic rings. The number of likely N-dealkylation sites (N-methyl/N-ethyl adjacent to an activating group) is 1. The zero-order valence-electron chi connectivity index (χ0n) is 8.99. The Morgan fingerprint density at radius 1 is 1.43 bits per heavy atom. The number of aliphatic hydroxyl groups excluding tert-OH is 1. The van der Waals surface area contributed by atoms with Crippen LogP contribution in [0.3, 0.4) is 0 Å². The molecule has 1 rings (SSSR count). The second kappa shape index (κ2) is 5.32. The summed E-state index contributed by atoms with van der Waals surface area (Å²) in [7, 11) is 0. The van der Waals surface area contributed by atoms with E-state index >= 15 is 0 Å². The second-order valence-electron chi connectivity index (χ2n) is 3.77. The number of nitrogens with one attached hydrogen (secondary N) is 1. The van der Waals surface area contributed by atoms with Crippen molar-refractivity contribution in [3.8, 4) is 0 Å². The molecule has 0 aromatic carbocycles. The first-order valence-corrected chi connectivity index (χ1v) is 5.36. The number of carbonyl (C=O) groups is 1. The van der Waals surface area contributed by atoms with E-state index in [0.29, 0.717) is 12.6 Å². The van der Waals surface area contributed by atoms with E-state index in [1.165, 1.54) is 0 Å². The maximum Gasteiger partial charge on any atom is 0.236 e. The van der Waals surface area contributed by atoms with Crippen LogP contribution in [-0.2, 0) is 4.79 Å². The van der Waals surface area contributed by atoms with Crippen molar-refractivity contribution in [1.29, 1.82) is 0 Å². The van der Waals surface area contributed by atoms with Crippen molar-refractivity contribution < 1.29 is 9.90 Å². The lowest BCUT2D eigenvalue weighted by Gasteiger charge is -2.32. The van der Waals surface area contributed by atoms with Gasteiger partial charge in [-0.25, -0.2) is 0 Å². The van der Waals surface area contributed by atoms with Crippen LogP contribution in [0.5, 0.6) is 0 Å². The highest BCUT2D eigenvalue weighted by Crippen LogP contribution is 2.18. The van der Waals surface area contributed by atoms with Crippen molar-refractivity contribution in [3.63, 3.8) is 0 Å². The molecule has 0 atom stereocenters. The second-order valence-corrected chi connectivity index (χ2v) is 3.77. The molecule has 14 heavy (non-hydrogen) atoms. The van der Waals surface area contributed by atoms with Gasteiger partial charge in [0.2, 0.25) is 5.91 Å². The molecule has 0 aromatic heterocycles. The van der Waals surface area contributed by atoms with Gasteiger partial charge in [-0.1, -0.05) is 0 Å². The molecule has 0 aromatic rings. The van der Waals surface area contributed by atoms with Crippen LogP contribution in [0.1, 0.15) is 26.7 Å². The van der Waals surface area contributed by atoms with Crippen LogP contribution in [-0.4, -0.2) is 47.7 Å². The topological polar surface area (TPSA) is 52.6 Å². The van der Waals surface area contributed by atoms with Gasteiger partial charge in [-0.3, -0.25) is 4.79 Å². The minimum absolute atomic E-state index is 0.149. The summed E-state index contributed by atoms with van der Waals surface area (Å²) in [4.78, 5) is 13.3. The molecule has 1 saturated carbocycles. The lowest BCUT2D eigenvalue weighted by molar-refractivity contribution is -0.130. The van der Waals surface area contributed by atoms with Gasteiger partial charge in [0.05, 0.1) is 12.6 Å². The van der Waals surface area contributed by atoms with Crippen molar-refractivity contribution in [3.05, 3.63) is 0 Å². The fraction of sp³-hybridized carbons (Fsp3) is 0.900. The van der Waals surface area contributed by atoms with Gasteiger partial charge in [0.15, 0.2) is 0 Å². The van der Waals surface area contributed by atoms with Crippen molar-refractivity contribution in [2.45, 2.75) is 38.8 Å². The minimum atomic E-state index is -0.156. The van der Waals surface area contributed by atoms with Gasteiger partial charge in [-0.15, -0.1) is 0 Å². The zero-order valence-corrected chi connectivity index (χ0v) is 8.99. The lowest BCUT2D eigenvalue weighted by atomic mass is 9.89. The Kier molecular flexibility index (Phi) is 4.35. The Morgan fingerprint density at radius 2 is 2.00 bits per heavy atom. The molecule has 4 heteroatoms. The monoisotopic (exact) mass is 200 g/mol. The Bertz CT molecular complexity index is 187. The average molecular weight is 200 g/mol. The predicted octanol–water partition coefficient (Wildman–Crippen LogP) is -0.0323. The van der Waals surface area contributed by atoms with Crippen LogP contribution in [0.25, 0.3) is 0 Å². The molecule has 0 spiro atoms. The van der Waals surface area contributed by atoms with Gasteiger partial charge in [-0.05, 0) is 26.7 Å². The van der Waals surface area contributed by atoms with Crippen LogP contribution in [0.15, 0.2) is 0 Å². The Balaban J connectivity index is 2.14. The Morgan fingerprint density at radius 3 is 2.43 bits per heavy atom. The molecule has 0 heterocycles. The normalized spacial score (nSPS) is 25.6. The molecule has 2 N–H and O–H groups in total. The van der Waals surface area contributed by atoms with Crippen molar-refractivity contribution >= 4 is 5.91 Å². The summed E-state index contributed by atoms with van der Waals surface area (Å²) in [5.41, 5.74) is 0. The maximum absolute atomic E-state index is 11.5. The molecule has 0 bridgehead atoms. The number of amides is 1. The van der Waals surface area contributed by atoms with E-state index in [-0.39, 0.29) is 12.0 Å². The molecule has 1 fully saturated rings. The summed E-state index contributed by atoms with van der Waals surface area (Å²) in [5.74, 6) is 0.149. The van der Waals surface area contributed by atoms with Gasteiger partial charge in [0.1, 0.15) is 0 Å². The molecule has 0 saturated heterocycles. The fourth-order valence-corrected chi connectivity index (χ4v) is 1.67. The SMILES string of the molecule is CCN(CC)C(=O)CNC1CC(O)C1. The van der Waals surface area contributed by atoms with E-state index < -0.39 is 0 Å². The van der Waals surface area contributed by atoms with E-state index in [1.54, 1.807) is 0 Å². The molecule has 0 unspecified atom stereocenters. The van der Waals surface area contributed by atoms with Crippen LogP contribution < -0.4 is 5.32 Å². The van der Waals surface area contributed by atoms with Gasteiger partial charge in [0.25, 0.3) is 0 Å². The molecular formula is C10H20N2O2. The summed E-state index contributed by atoms with van der Waals surface area (Å²) < 4.78 is 0. The summed E-state index contributed by atoms with van der Waals surface area (Å²) >= 11 is 0. The van der Waals surface area contributed by atoms with Crippen molar-refractivity contribution in [2.75, 3.05) is 19.6 Å². The summed E-state index contributed by atoms with van der Waals surface area (Å²) in [6.45, 7) is 5.90. The van der Waals surface area contributed by atoms with Crippen LogP contribution in [0, 0.1) is 0 Å². The molecule has 0 aliphatic heterocycles. The number of aliphatic hydroxyl groups is 1. The van der Waals surface area contributed by atoms with Crippen LogP contribution in [0.4, 0.5) is 0 Å². The molecular weight excluding hydrogens is 180 g/mol. The molecule has 0 radical (unpaired) electrons. The Labute approximate surface area is 85.3 Å². The van der Waals surface area contributed by atoms with Crippen LogP contribution in [0.2, 0.25) is 0 Å². The summed E-state index contributed by atoms with van der Waals surface area (Å²) in [6, 6.07) is 0.338. The number of rotatable bonds is 5. The summed E-state index contributed by atoms with van der Waals surface area (Å²) in [6.07, 6.45) is 1.41. The average Bonchev–Trinajstić information content (AvgIpc) is 2.12. The summed E-state index contributed by atoms with van der Waals surface area (Å²) in [5, 5.41) is 12.2. The van der Waals surface area contributed by atoms with Crippen molar-refractivity contribution in [2.24, 2.45) is 0 Å². The van der Waals surface area contributed by atoms with Gasteiger partial charge in [0, 0.05) is 19.1 Å². The standard InChI is InChI=1S/C10H20N2O2/c1-3-12(4-2)10(14)7-11-8-5-9(13)6-8/h8-9,11,13H,3-7H2,1-2H3. The first-order valence-electron chi connectivity index (χ1n) is 5.36. The van der Waals surface area contributed by atoms with E-state index in [2.05, 4.69) is 5.32 Å². The largest absolute Gasteiger partial charge is 0.393 e. The lowest BCUT2D eigenvalue weighted by Crippen LogP contribution is -2.48. The van der Waals surface area contributed by atoms with E-state index in [0.717, 1.165) is 25.9 Å².